The highest BCUT2D eigenvalue weighted by Gasteiger charge is 2.22. The number of cyclic esters (lactones) is 1. The molecule has 0 radical (unpaired) electrons. The third-order valence-electron chi connectivity index (χ3n) is 2.27. The van der Waals surface area contributed by atoms with Gasteiger partial charge in [0.05, 0.1) is 12.6 Å². The lowest BCUT2D eigenvalue weighted by molar-refractivity contribution is 0.115. The highest BCUT2D eigenvalue weighted by Crippen LogP contribution is 2.27. The van der Waals surface area contributed by atoms with E-state index in [4.69, 9.17) is 16.3 Å². The van der Waals surface area contributed by atoms with E-state index in [9.17, 15) is 9.18 Å². The second kappa shape index (κ2) is 4.06. The Kier molecular flexibility index (Phi) is 2.77. The molecule has 0 spiro atoms. The molecule has 1 aromatic carbocycles. The average Bonchev–Trinajstić information content (AvgIpc) is 2.22. The van der Waals surface area contributed by atoms with E-state index in [1.54, 1.807) is 0 Å². The van der Waals surface area contributed by atoms with E-state index in [1.165, 1.54) is 18.2 Å². The number of hydrogen-bond acceptors (Lipinski definition) is 2. The summed E-state index contributed by atoms with van der Waals surface area (Å²) in [6.45, 7) is 0.323. The van der Waals surface area contributed by atoms with Crippen molar-refractivity contribution in [2.24, 2.45) is 0 Å². The molecule has 1 saturated heterocycles. The number of ether oxygens (including phenoxy) is 1. The number of carbonyl (C=O) groups is 1. The van der Waals surface area contributed by atoms with Gasteiger partial charge < -0.3 is 10.1 Å². The minimum Gasteiger partial charge on any atom is -0.449 e. The van der Waals surface area contributed by atoms with Gasteiger partial charge in [-0.15, -0.1) is 0 Å². The molecule has 15 heavy (non-hydrogen) atoms. The molecule has 80 valence electrons. The van der Waals surface area contributed by atoms with Crippen molar-refractivity contribution in [3.05, 3.63) is 34.6 Å². The molecule has 0 saturated carbocycles. The molecule has 0 aliphatic carbocycles. The summed E-state index contributed by atoms with van der Waals surface area (Å²) in [6, 6.07) is 3.83. The van der Waals surface area contributed by atoms with Crippen molar-refractivity contribution in [3.8, 4) is 0 Å². The second-order valence-corrected chi connectivity index (χ2v) is 3.69. The van der Waals surface area contributed by atoms with Crippen LogP contribution >= 0.6 is 11.6 Å². The highest BCUT2D eigenvalue weighted by molar-refractivity contribution is 6.31. The molecule has 1 aliphatic heterocycles. The van der Waals surface area contributed by atoms with E-state index in [1.807, 2.05) is 0 Å². The average molecular weight is 230 g/mol. The molecule has 1 amide bonds. The molecule has 1 aromatic rings. The van der Waals surface area contributed by atoms with Crippen molar-refractivity contribution < 1.29 is 13.9 Å². The fourth-order valence-electron chi connectivity index (χ4n) is 1.54. The number of rotatable bonds is 1. The number of benzene rings is 1. The van der Waals surface area contributed by atoms with Crippen LogP contribution in [0.25, 0.3) is 0 Å². The molecule has 0 aromatic heterocycles. The van der Waals surface area contributed by atoms with E-state index in [-0.39, 0.29) is 11.9 Å². The molecule has 1 aliphatic rings. The lowest BCUT2D eigenvalue weighted by Gasteiger charge is -2.24. The fourth-order valence-corrected chi connectivity index (χ4v) is 1.79. The number of amides is 1. The molecule has 5 heteroatoms. The second-order valence-electron chi connectivity index (χ2n) is 3.29. The summed E-state index contributed by atoms with van der Waals surface area (Å²) >= 11 is 5.92. The third kappa shape index (κ3) is 2.21. The van der Waals surface area contributed by atoms with Gasteiger partial charge in [0, 0.05) is 11.4 Å². The van der Waals surface area contributed by atoms with E-state index in [0.29, 0.717) is 23.6 Å². The van der Waals surface area contributed by atoms with Crippen LogP contribution in [0.4, 0.5) is 9.18 Å². The minimum absolute atomic E-state index is 0.269. The molecule has 1 fully saturated rings. The van der Waals surface area contributed by atoms with E-state index in [2.05, 4.69) is 5.32 Å². The van der Waals surface area contributed by atoms with Crippen LogP contribution in [0.1, 0.15) is 18.0 Å². The predicted molar refractivity (Wildman–Crippen MR) is 53.3 cm³/mol. The van der Waals surface area contributed by atoms with Gasteiger partial charge in [-0.05, 0) is 23.8 Å². The first-order valence-electron chi connectivity index (χ1n) is 4.55. The number of hydrogen-bond donors (Lipinski definition) is 1. The SMILES string of the molecule is O=C1N[C@H](c2cc(F)ccc2Cl)CCO1. The number of nitrogens with one attached hydrogen (secondary N) is 1. The summed E-state index contributed by atoms with van der Waals surface area (Å²) in [5.41, 5.74) is 0.591. The topological polar surface area (TPSA) is 38.3 Å². The van der Waals surface area contributed by atoms with Gasteiger partial charge in [-0.1, -0.05) is 11.6 Å². The van der Waals surface area contributed by atoms with Crippen LogP contribution in [-0.2, 0) is 4.74 Å². The molecule has 1 heterocycles. The normalized spacial score (nSPS) is 20.7. The van der Waals surface area contributed by atoms with Crippen LogP contribution in [0.3, 0.4) is 0 Å². The van der Waals surface area contributed by atoms with E-state index < -0.39 is 6.09 Å². The molecule has 0 unspecified atom stereocenters. The Morgan fingerprint density at radius 3 is 3.07 bits per heavy atom. The summed E-state index contributed by atoms with van der Waals surface area (Å²) < 4.78 is 17.7. The van der Waals surface area contributed by atoms with Crippen LogP contribution in [0.15, 0.2) is 18.2 Å². The monoisotopic (exact) mass is 229 g/mol. The van der Waals surface area contributed by atoms with E-state index >= 15 is 0 Å². The van der Waals surface area contributed by atoms with Gasteiger partial charge in [0.25, 0.3) is 0 Å². The van der Waals surface area contributed by atoms with Crippen LogP contribution in [0, 0.1) is 5.82 Å². The predicted octanol–water partition coefficient (Wildman–Crippen LogP) is 2.65. The molecular weight excluding hydrogens is 221 g/mol. The maximum Gasteiger partial charge on any atom is 0.407 e. The number of carbonyl (C=O) groups excluding carboxylic acids is 1. The highest BCUT2D eigenvalue weighted by atomic mass is 35.5. The smallest absolute Gasteiger partial charge is 0.407 e. The number of halogens is 2. The third-order valence-corrected chi connectivity index (χ3v) is 2.61. The Balaban J connectivity index is 2.27. The first kappa shape index (κ1) is 10.2. The lowest BCUT2D eigenvalue weighted by atomic mass is 10.0. The Morgan fingerprint density at radius 2 is 2.33 bits per heavy atom. The van der Waals surface area contributed by atoms with Crippen LogP contribution in [0.5, 0.6) is 0 Å². The molecule has 1 atom stereocenters. The summed E-state index contributed by atoms with van der Waals surface area (Å²) in [4.78, 5) is 11.0. The van der Waals surface area contributed by atoms with Crippen molar-refractivity contribution in [2.75, 3.05) is 6.61 Å². The molecule has 1 N–H and O–H groups in total. The molecule has 0 bridgehead atoms. The van der Waals surface area contributed by atoms with Crippen LogP contribution in [0.2, 0.25) is 5.02 Å². The van der Waals surface area contributed by atoms with Crippen LogP contribution < -0.4 is 5.32 Å². The first-order valence-corrected chi connectivity index (χ1v) is 4.93. The van der Waals surface area contributed by atoms with Gasteiger partial charge in [0.15, 0.2) is 0 Å². The zero-order chi connectivity index (χ0) is 10.8. The largest absolute Gasteiger partial charge is 0.449 e. The standard InChI is InChI=1S/C10H9ClFNO2/c11-8-2-1-6(12)5-7(8)9-3-4-15-10(14)13-9/h1-2,5,9H,3-4H2,(H,13,14)/t9-/m0/s1. The van der Waals surface area contributed by atoms with Gasteiger partial charge in [0.1, 0.15) is 5.82 Å². The minimum atomic E-state index is -0.494. The van der Waals surface area contributed by atoms with Crippen molar-refractivity contribution in [2.45, 2.75) is 12.5 Å². The molecule has 2 rings (SSSR count). The zero-order valence-electron chi connectivity index (χ0n) is 7.80. The van der Waals surface area contributed by atoms with Gasteiger partial charge in [0.2, 0.25) is 0 Å². The Bertz CT molecular complexity index is 397. The fraction of sp³-hybridized carbons (Fsp3) is 0.300. The quantitative estimate of drug-likeness (QED) is 0.804. The van der Waals surface area contributed by atoms with Gasteiger partial charge in [-0.3, -0.25) is 0 Å². The molecular formula is C10H9ClFNO2. The van der Waals surface area contributed by atoms with Crippen molar-refractivity contribution >= 4 is 17.7 Å². The van der Waals surface area contributed by atoms with Crippen molar-refractivity contribution in [1.82, 2.24) is 5.32 Å². The first-order chi connectivity index (χ1) is 7.16. The lowest BCUT2D eigenvalue weighted by Crippen LogP contribution is -2.35. The van der Waals surface area contributed by atoms with Gasteiger partial charge in [-0.2, -0.15) is 0 Å². The Hall–Kier alpha value is -1.29. The van der Waals surface area contributed by atoms with Crippen molar-refractivity contribution in [3.63, 3.8) is 0 Å². The Labute approximate surface area is 91.2 Å². The summed E-state index contributed by atoms with van der Waals surface area (Å²) in [5.74, 6) is -0.366. The maximum atomic E-state index is 13.0. The Morgan fingerprint density at radius 1 is 1.53 bits per heavy atom. The van der Waals surface area contributed by atoms with E-state index in [0.717, 1.165) is 0 Å². The van der Waals surface area contributed by atoms with Crippen molar-refractivity contribution in [1.29, 1.82) is 0 Å². The van der Waals surface area contributed by atoms with Crippen LogP contribution in [-0.4, -0.2) is 12.7 Å². The molecule has 3 nitrogen and oxygen atoms in total. The summed E-state index contributed by atoms with van der Waals surface area (Å²) in [5, 5.41) is 3.04. The number of alkyl carbamates (subject to hydrolysis) is 1. The zero-order valence-corrected chi connectivity index (χ0v) is 8.55. The van der Waals surface area contributed by atoms with Gasteiger partial charge >= 0.3 is 6.09 Å². The van der Waals surface area contributed by atoms with Gasteiger partial charge in [-0.25, -0.2) is 9.18 Å². The summed E-state index contributed by atoms with van der Waals surface area (Å²) in [6.07, 6.45) is 0.0983. The summed E-state index contributed by atoms with van der Waals surface area (Å²) in [7, 11) is 0. The maximum absolute atomic E-state index is 13.0.